The van der Waals surface area contributed by atoms with Gasteiger partial charge in [-0.2, -0.15) is 0 Å². The predicted molar refractivity (Wildman–Crippen MR) is 80.9 cm³/mol. The Balaban J connectivity index is 1.76. The van der Waals surface area contributed by atoms with Gasteiger partial charge in [-0.05, 0) is 24.3 Å². The Bertz CT molecular complexity index is 828. The van der Waals surface area contributed by atoms with Crippen molar-refractivity contribution in [3.63, 3.8) is 0 Å². The van der Waals surface area contributed by atoms with Gasteiger partial charge in [0.2, 0.25) is 0 Å². The molecule has 0 radical (unpaired) electrons. The second-order valence-electron chi connectivity index (χ2n) is 4.53. The summed E-state index contributed by atoms with van der Waals surface area (Å²) in [5.41, 5.74) is 6.07. The lowest BCUT2D eigenvalue weighted by molar-refractivity contribution is 0.0847. The molecule has 2 N–H and O–H groups in total. The van der Waals surface area contributed by atoms with Crippen LogP contribution in [-0.4, -0.2) is 21.8 Å². The highest BCUT2D eigenvalue weighted by molar-refractivity contribution is 6.06. The molecule has 0 unspecified atom stereocenters. The SMILES string of the molecule is O=C(NNC(=O)c1cccc2cccnc12)c1cccnc1. The number of pyridine rings is 2. The summed E-state index contributed by atoms with van der Waals surface area (Å²) in [6.07, 6.45) is 4.60. The second-order valence-corrected chi connectivity index (χ2v) is 4.53. The largest absolute Gasteiger partial charge is 0.271 e. The van der Waals surface area contributed by atoms with E-state index in [1.807, 2.05) is 12.1 Å². The minimum absolute atomic E-state index is 0.360. The first kappa shape index (κ1) is 13.7. The molecule has 0 aliphatic carbocycles. The molecule has 2 aromatic heterocycles. The number of hydrogen-bond acceptors (Lipinski definition) is 4. The maximum absolute atomic E-state index is 12.2. The zero-order valence-electron chi connectivity index (χ0n) is 11.5. The standard InChI is InChI=1S/C16H12N4O2/c21-15(12-6-2-8-17-10-12)19-20-16(22)13-7-1-4-11-5-3-9-18-14(11)13/h1-10H,(H,19,21)(H,20,22). The van der Waals surface area contributed by atoms with Crippen LogP contribution in [0, 0.1) is 0 Å². The van der Waals surface area contributed by atoms with Crippen LogP contribution in [0.5, 0.6) is 0 Å². The van der Waals surface area contributed by atoms with Crippen molar-refractivity contribution in [1.29, 1.82) is 0 Å². The smallest absolute Gasteiger partial charge is 0.267 e. The highest BCUT2D eigenvalue weighted by Crippen LogP contribution is 2.15. The molecule has 0 atom stereocenters. The number of amides is 2. The van der Waals surface area contributed by atoms with Gasteiger partial charge in [0.15, 0.2) is 0 Å². The summed E-state index contributed by atoms with van der Waals surface area (Å²) in [6.45, 7) is 0. The van der Waals surface area contributed by atoms with E-state index in [2.05, 4.69) is 20.8 Å². The van der Waals surface area contributed by atoms with Gasteiger partial charge in [0, 0.05) is 24.0 Å². The Kier molecular flexibility index (Phi) is 3.74. The molecule has 1 aromatic carbocycles. The van der Waals surface area contributed by atoms with Crippen LogP contribution in [0.4, 0.5) is 0 Å². The molecule has 3 rings (SSSR count). The highest BCUT2D eigenvalue weighted by Gasteiger charge is 2.12. The minimum Gasteiger partial charge on any atom is -0.267 e. The van der Waals surface area contributed by atoms with E-state index < -0.39 is 11.8 Å². The first-order valence-electron chi connectivity index (χ1n) is 6.60. The Morgan fingerprint density at radius 3 is 2.45 bits per heavy atom. The van der Waals surface area contributed by atoms with Crippen molar-refractivity contribution in [3.8, 4) is 0 Å². The fraction of sp³-hybridized carbons (Fsp3) is 0. The van der Waals surface area contributed by atoms with Gasteiger partial charge in [0.1, 0.15) is 0 Å². The number of nitrogens with one attached hydrogen (secondary N) is 2. The summed E-state index contributed by atoms with van der Waals surface area (Å²) >= 11 is 0. The number of para-hydroxylation sites is 1. The highest BCUT2D eigenvalue weighted by atomic mass is 16.2. The number of hydrogen-bond donors (Lipinski definition) is 2. The van der Waals surface area contributed by atoms with E-state index in [-0.39, 0.29) is 0 Å². The molecule has 6 heteroatoms. The van der Waals surface area contributed by atoms with Crippen molar-refractivity contribution >= 4 is 22.7 Å². The van der Waals surface area contributed by atoms with E-state index in [4.69, 9.17) is 0 Å². The molecule has 0 saturated heterocycles. The fourth-order valence-electron chi connectivity index (χ4n) is 2.04. The normalized spacial score (nSPS) is 10.2. The van der Waals surface area contributed by atoms with Gasteiger partial charge < -0.3 is 0 Å². The van der Waals surface area contributed by atoms with Gasteiger partial charge in [-0.1, -0.05) is 18.2 Å². The molecule has 0 saturated carbocycles. The van der Waals surface area contributed by atoms with Crippen LogP contribution in [0.25, 0.3) is 10.9 Å². The second kappa shape index (κ2) is 6.01. The summed E-state index contributed by atoms with van der Waals surface area (Å²) in [7, 11) is 0. The molecule has 22 heavy (non-hydrogen) atoms. The summed E-state index contributed by atoms with van der Waals surface area (Å²) < 4.78 is 0. The van der Waals surface area contributed by atoms with Gasteiger partial charge >= 0.3 is 0 Å². The zero-order chi connectivity index (χ0) is 15.4. The monoisotopic (exact) mass is 292 g/mol. The molecule has 0 bridgehead atoms. The third-order valence-electron chi connectivity index (χ3n) is 3.09. The molecular formula is C16H12N4O2. The number of nitrogens with zero attached hydrogens (tertiary/aromatic N) is 2. The van der Waals surface area contributed by atoms with E-state index in [9.17, 15) is 9.59 Å². The Morgan fingerprint density at radius 2 is 1.64 bits per heavy atom. The van der Waals surface area contributed by atoms with Crippen molar-refractivity contribution in [2.24, 2.45) is 0 Å². The third kappa shape index (κ3) is 2.76. The van der Waals surface area contributed by atoms with E-state index in [0.29, 0.717) is 16.6 Å². The van der Waals surface area contributed by atoms with Crippen molar-refractivity contribution in [2.45, 2.75) is 0 Å². The number of carbonyl (C=O) groups excluding carboxylic acids is 2. The average molecular weight is 292 g/mol. The lowest BCUT2D eigenvalue weighted by atomic mass is 10.1. The molecule has 6 nitrogen and oxygen atoms in total. The van der Waals surface area contributed by atoms with E-state index in [1.54, 1.807) is 42.7 Å². The van der Waals surface area contributed by atoms with Crippen molar-refractivity contribution in [1.82, 2.24) is 20.8 Å². The van der Waals surface area contributed by atoms with E-state index >= 15 is 0 Å². The fourth-order valence-corrected chi connectivity index (χ4v) is 2.04. The molecular weight excluding hydrogens is 280 g/mol. The minimum atomic E-state index is -0.436. The molecule has 0 aliphatic rings. The molecule has 108 valence electrons. The number of fused-ring (bicyclic) bond motifs is 1. The van der Waals surface area contributed by atoms with Crippen LogP contribution in [-0.2, 0) is 0 Å². The molecule has 0 spiro atoms. The maximum atomic E-state index is 12.2. The first-order valence-corrected chi connectivity index (χ1v) is 6.60. The first-order chi connectivity index (χ1) is 10.8. The third-order valence-corrected chi connectivity index (χ3v) is 3.09. The Labute approximate surface area is 126 Å². The van der Waals surface area contributed by atoms with Crippen molar-refractivity contribution in [3.05, 3.63) is 72.2 Å². The van der Waals surface area contributed by atoms with E-state index in [1.165, 1.54) is 6.20 Å². The van der Waals surface area contributed by atoms with Crippen molar-refractivity contribution in [2.75, 3.05) is 0 Å². The predicted octanol–water partition coefficient (Wildman–Crippen LogP) is 1.70. The Hall–Kier alpha value is -3.28. The van der Waals surface area contributed by atoms with Gasteiger partial charge in [-0.15, -0.1) is 0 Å². The molecule has 0 aliphatic heterocycles. The zero-order valence-corrected chi connectivity index (χ0v) is 11.5. The van der Waals surface area contributed by atoms with E-state index in [0.717, 1.165) is 5.39 Å². The molecule has 2 heterocycles. The van der Waals surface area contributed by atoms with Crippen LogP contribution >= 0.6 is 0 Å². The lowest BCUT2D eigenvalue weighted by Gasteiger charge is -2.08. The van der Waals surface area contributed by atoms with Crippen LogP contribution in [0.15, 0.2) is 61.1 Å². The number of aromatic nitrogens is 2. The van der Waals surface area contributed by atoms with Crippen LogP contribution < -0.4 is 10.9 Å². The number of carbonyl (C=O) groups is 2. The van der Waals surface area contributed by atoms with Gasteiger partial charge in [-0.3, -0.25) is 30.4 Å². The molecule has 2 amide bonds. The topological polar surface area (TPSA) is 84.0 Å². The summed E-state index contributed by atoms with van der Waals surface area (Å²) in [6, 6.07) is 12.2. The quantitative estimate of drug-likeness (QED) is 0.704. The number of benzene rings is 1. The van der Waals surface area contributed by atoms with Gasteiger partial charge in [0.25, 0.3) is 11.8 Å². The van der Waals surface area contributed by atoms with Crippen LogP contribution in [0.1, 0.15) is 20.7 Å². The number of hydrazine groups is 1. The summed E-state index contributed by atoms with van der Waals surface area (Å²) in [5.74, 6) is -0.865. The average Bonchev–Trinajstić information content (AvgIpc) is 2.59. The van der Waals surface area contributed by atoms with Crippen molar-refractivity contribution < 1.29 is 9.59 Å². The number of rotatable bonds is 2. The van der Waals surface area contributed by atoms with Gasteiger partial charge in [0.05, 0.1) is 16.6 Å². The Morgan fingerprint density at radius 1 is 0.864 bits per heavy atom. The van der Waals surface area contributed by atoms with Crippen LogP contribution in [0.2, 0.25) is 0 Å². The summed E-state index contributed by atoms with van der Waals surface area (Å²) in [5, 5.41) is 0.855. The maximum Gasteiger partial charge on any atom is 0.271 e. The lowest BCUT2D eigenvalue weighted by Crippen LogP contribution is -2.41. The molecule has 0 fully saturated rings. The molecule has 3 aromatic rings. The van der Waals surface area contributed by atoms with Crippen LogP contribution in [0.3, 0.4) is 0 Å². The summed E-state index contributed by atoms with van der Waals surface area (Å²) in [4.78, 5) is 32.1. The van der Waals surface area contributed by atoms with Gasteiger partial charge in [-0.25, -0.2) is 0 Å².